The van der Waals surface area contributed by atoms with Crippen LogP contribution in [0.3, 0.4) is 0 Å². The molecular weight excluding hydrogens is 1530 g/mol. The molecule has 13 amide bonds. The summed E-state index contributed by atoms with van der Waals surface area (Å²) in [6.45, 7) is 17.1. The van der Waals surface area contributed by atoms with Crippen LogP contribution in [-0.2, 0) is 104 Å². The first kappa shape index (κ1) is 93.0. The standard InChI is InChI=1S/C79H113N21O18/c1-40(2)28-56-69(109)84-37-62(102)87-54(25-26-63(103)104)71(111)92-57(29-41(3)4)76(116)95-65(42(5)6)78(118)94-59(31-46-35-83-52-21-15-13-19-50(46)52)73(113)88-53(72(112)96-66(44(8)101)67(80)107)22-16-17-27-100-38-47(98-99-100)23-24-55(89-77(117)61(33-64(105)106)97-79(9,10)11)70(110)86-43(7)68(108)90-58(30-45-34-82-51-20-14-12-18-49(45)51)74(114)93-60(75(115)91-56)32-48-36-81-39-85-48/h12-15,18-21,34-36,38-44,53-61,65-66,82-83,97,101H,16-17,22-33,37H2,1-11H3,(H2,80,107)(H,81,85)(H,84,109)(H,86,110)(H,87,102)(H,88,113)(H,89,117)(H,90,108)(H,91,115)(H,92,111)(H,93,114)(H,94,118)(H,95,116)(H,96,112)(H,103,104)(H,105,106)/t43-,44+,53-,54-,55-,56-,57-,58-,59-,60-,61-,65-,66-/m0/s1. The van der Waals surface area contributed by atoms with Gasteiger partial charge in [-0.1, -0.05) is 83.2 Å². The second kappa shape index (κ2) is 43.7. The molecule has 118 heavy (non-hydrogen) atoms. The average molecular weight is 1640 g/mol. The summed E-state index contributed by atoms with van der Waals surface area (Å²) in [6.07, 6.45) is 3.26. The number of nitrogens with two attached hydrogens (primary N) is 1. The molecule has 39 nitrogen and oxygen atoms in total. The summed E-state index contributed by atoms with van der Waals surface area (Å²) in [5.41, 5.74) is 7.77. The molecule has 2 aromatic carbocycles. The number of rotatable bonds is 23. The van der Waals surface area contributed by atoms with Crippen molar-refractivity contribution >= 4 is 111 Å². The van der Waals surface area contributed by atoms with E-state index in [0.29, 0.717) is 38.6 Å². The van der Waals surface area contributed by atoms with Crippen molar-refractivity contribution in [2.24, 2.45) is 23.5 Å². The van der Waals surface area contributed by atoms with Gasteiger partial charge in [-0.3, -0.25) is 76.6 Å². The fraction of sp³-hybridized carbons (Fsp3) is 0.544. The molecule has 0 saturated carbocycles. The molecule has 1 aliphatic rings. The highest BCUT2D eigenvalue weighted by Crippen LogP contribution is 2.23. The van der Waals surface area contributed by atoms with Gasteiger partial charge in [0, 0.05) is 84.4 Å². The molecule has 7 rings (SSSR count). The number of carbonyl (C=O) groups is 15. The van der Waals surface area contributed by atoms with E-state index in [1.807, 2.05) is 0 Å². The van der Waals surface area contributed by atoms with E-state index in [0.717, 1.165) is 0 Å². The van der Waals surface area contributed by atoms with Crippen molar-refractivity contribution in [1.29, 1.82) is 0 Å². The maximum absolute atomic E-state index is 15.0. The Bertz CT molecular complexity index is 4510. The van der Waals surface area contributed by atoms with Gasteiger partial charge in [-0.15, -0.1) is 5.10 Å². The molecule has 0 saturated heterocycles. The number of para-hydroxylation sites is 2. The van der Waals surface area contributed by atoms with E-state index in [9.17, 15) is 77.6 Å². The Hall–Kier alpha value is -12.2. The van der Waals surface area contributed by atoms with E-state index in [-0.39, 0.29) is 88.3 Å². The van der Waals surface area contributed by atoms with Gasteiger partial charge < -0.3 is 105 Å². The molecule has 2 bridgehead atoms. The lowest BCUT2D eigenvalue weighted by Gasteiger charge is -2.29. The number of aromatic amines is 3. The molecule has 4 aromatic heterocycles. The van der Waals surface area contributed by atoms with Crippen LogP contribution in [-0.4, -0.2) is 230 Å². The number of aliphatic carboxylic acids is 2. The number of aryl methyl sites for hydroxylation is 2. The zero-order valence-electron chi connectivity index (χ0n) is 68.2. The Morgan fingerprint density at radius 2 is 1.15 bits per heavy atom. The Balaban J connectivity index is 1.27. The third-order valence-electron chi connectivity index (χ3n) is 19.5. The number of carboxylic acid groups (broad SMARTS) is 2. The van der Waals surface area contributed by atoms with Crippen molar-refractivity contribution in [2.45, 2.75) is 250 Å². The molecule has 39 heteroatoms. The molecule has 0 aliphatic carbocycles. The van der Waals surface area contributed by atoms with Gasteiger partial charge in [-0.2, -0.15) is 0 Å². The molecule has 0 fully saturated rings. The number of fused-ring (bicyclic) bond motifs is 4. The molecular formula is C79H113N21O18. The number of nitrogens with zero attached hydrogens (tertiary/aromatic N) is 4. The summed E-state index contributed by atoms with van der Waals surface area (Å²) in [5.74, 6) is -16.4. The van der Waals surface area contributed by atoms with Crippen LogP contribution >= 0.6 is 0 Å². The average Bonchev–Trinajstić information content (AvgIpc) is 1.65. The number of aliphatic hydroxyl groups excluding tert-OH is 1. The van der Waals surface area contributed by atoms with E-state index >= 15 is 9.59 Å². The highest BCUT2D eigenvalue weighted by Gasteiger charge is 2.39. The van der Waals surface area contributed by atoms with E-state index in [2.05, 4.69) is 99.4 Å². The van der Waals surface area contributed by atoms with E-state index in [1.165, 1.54) is 31.1 Å². The number of amides is 13. The maximum Gasteiger partial charge on any atom is 0.305 e. The van der Waals surface area contributed by atoms with Gasteiger partial charge in [0.1, 0.15) is 66.5 Å². The maximum atomic E-state index is 15.0. The number of hydrogen-bond acceptors (Lipinski definition) is 20. The number of imidazole rings is 1. The van der Waals surface area contributed by atoms with Gasteiger partial charge in [0.05, 0.1) is 42.8 Å². The first-order chi connectivity index (χ1) is 55.7. The van der Waals surface area contributed by atoms with Gasteiger partial charge in [-0.05, 0) is 127 Å². The number of benzene rings is 2. The highest BCUT2D eigenvalue weighted by atomic mass is 16.4. The quantitative estimate of drug-likeness (QED) is 0.0365. The van der Waals surface area contributed by atoms with Gasteiger partial charge in [0.15, 0.2) is 0 Å². The van der Waals surface area contributed by atoms with E-state index in [4.69, 9.17) is 5.73 Å². The molecule has 5 heterocycles. The zero-order valence-corrected chi connectivity index (χ0v) is 68.2. The number of aromatic nitrogens is 7. The lowest BCUT2D eigenvalue weighted by Crippen LogP contribution is -2.61. The number of aliphatic hydroxyl groups is 1. The minimum atomic E-state index is -1.66. The smallest absolute Gasteiger partial charge is 0.305 e. The fourth-order valence-electron chi connectivity index (χ4n) is 13.5. The third kappa shape index (κ3) is 28.9. The fourth-order valence-corrected chi connectivity index (χ4v) is 13.5. The predicted molar refractivity (Wildman–Crippen MR) is 429 cm³/mol. The molecule has 1 aliphatic heterocycles. The Morgan fingerprint density at radius 3 is 1.69 bits per heavy atom. The Morgan fingerprint density at radius 1 is 0.610 bits per heavy atom. The summed E-state index contributed by atoms with van der Waals surface area (Å²) in [5, 5.41) is 74.7. The SMILES string of the molecule is CC(C)C[C@@H]1NC(=O)[C@H](Cc2c[nH]cn2)NC(=O)[C@H](Cc2c[nH]c3ccccc23)NC(=O)[C@H](C)NC(=O)[C@@H](NC(=O)[C@H](CC(=O)O)NC(C)(C)C)CCc2cn(nn2)CCCC[C@@H](C(=O)N[C@H](C(N)=O)[C@@H](C)O)NC(=O)[C@H](Cc2c[nH]c3ccccc23)NC(=O)[C@H](C(C)C)NC(=O)[C@H](CC(C)C)NC(=O)[C@H](CCC(=O)O)NC(=O)CNC1=O. The van der Waals surface area contributed by atoms with Crippen LogP contribution in [0.1, 0.15) is 156 Å². The summed E-state index contributed by atoms with van der Waals surface area (Å²) < 4.78 is 1.45. The number of carbonyl (C=O) groups excluding carboxylic acids is 13. The minimum absolute atomic E-state index is 0.0506. The monoisotopic (exact) mass is 1640 g/mol. The molecule has 0 radical (unpaired) electrons. The Labute approximate surface area is 681 Å². The highest BCUT2D eigenvalue weighted by molar-refractivity contribution is 6.01. The number of H-pyrrole nitrogens is 3. The molecule has 6 aromatic rings. The minimum Gasteiger partial charge on any atom is -0.481 e. The third-order valence-corrected chi connectivity index (χ3v) is 19.5. The van der Waals surface area contributed by atoms with Gasteiger partial charge in [0.2, 0.25) is 76.8 Å². The number of carboxylic acids is 2. The van der Waals surface area contributed by atoms with Crippen LogP contribution in [0.4, 0.5) is 0 Å². The summed E-state index contributed by atoms with van der Waals surface area (Å²) in [6, 6.07) is -3.87. The van der Waals surface area contributed by atoms with Crippen LogP contribution in [0.2, 0.25) is 0 Å². The summed E-state index contributed by atoms with van der Waals surface area (Å²) in [7, 11) is 0. The zero-order chi connectivity index (χ0) is 86.8. The van der Waals surface area contributed by atoms with Crippen LogP contribution in [0.5, 0.6) is 0 Å². The van der Waals surface area contributed by atoms with Crippen LogP contribution in [0.25, 0.3) is 21.8 Å². The van der Waals surface area contributed by atoms with E-state index < -0.39 is 205 Å². The van der Waals surface area contributed by atoms with Crippen LogP contribution in [0.15, 0.2) is 79.6 Å². The first-order valence-corrected chi connectivity index (χ1v) is 39.5. The molecule has 0 unspecified atom stereocenters. The molecule has 0 spiro atoms. The normalized spacial score (nSPS) is 22.5. The number of nitrogens with one attached hydrogen (secondary N) is 16. The van der Waals surface area contributed by atoms with Crippen molar-refractivity contribution in [3.8, 4) is 0 Å². The van der Waals surface area contributed by atoms with Crippen LogP contribution in [0, 0.1) is 17.8 Å². The largest absolute Gasteiger partial charge is 0.481 e. The van der Waals surface area contributed by atoms with Crippen molar-refractivity contribution in [3.63, 3.8) is 0 Å². The van der Waals surface area contributed by atoms with Gasteiger partial charge in [0.25, 0.3) is 0 Å². The van der Waals surface area contributed by atoms with Crippen molar-refractivity contribution in [1.82, 2.24) is 104 Å². The topological polar surface area (TPSA) is 590 Å². The first-order valence-electron chi connectivity index (χ1n) is 39.5. The van der Waals surface area contributed by atoms with Crippen LogP contribution < -0.4 is 74.9 Å². The lowest BCUT2D eigenvalue weighted by molar-refractivity contribution is -0.140. The number of hydrogen-bond donors (Lipinski definition) is 20. The van der Waals surface area contributed by atoms with Crippen molar-refractivity contribution < 1.29 is 87.2 Å². The molecule has 642 valence electrons. The second-order valence-electron chi connectivity index (χ2n) is 32.0. The summed E-state index contributed by atoms with van der Waals surface area (Å²) in [4.78, 5) is 225. The molecule has 13 atom stereocenters. The molecule has 21 N–H and O–H groups in total. The van der Waals surface area contributed by atoms with Gasteiger partial charge >= 0.3 is 11.9 Å². The van der Waals surface area contributed by atoms with Gasteiger partial charge in [-0.25, -0.2) is 4.98 Å². The van der Waals surface area contributed by atoms with Crippen molar-refractivity contribution in [2.75, 3.05) is 6.54 Å². The number of primary amides is 1. The second-order valence-corrected chi connectivity index (χ2v) is 32.0. The van der Waals surface area contributed by atoms with E-state index in [1.54, 1.807) is 129 Å². The van der Waals surface area contributed by atoms with Crippen molar-refractivity contribution in [3.05, 3.63) is 102 Å². The lowest BCUT2D eigenvalue weighted by atomic mass is 9.98. The Kier molecular flexibility index (Phi) is 34.4. The summed E-state index contributed by atoms with van der Waals surface area (Å²) >= 11 is 0. The predicted octanol–water partition coefficient (Wildman–Crippen LogP) is -1.01.